The molecule has 1 amide bonds. The minimum atomic E-state index is 0.202. The van der Waals surface area contributed by atoms with E-state index in [0.29, 0.717) is 24.2 Å². The molecule has 3 N–H and O–H groups in total. The van der Waals surface area contributed by atoms with Crippen molar-refractivity contribution in [2.24, 2.45) is 23.5 Å². The summed E-state index contributed by atoms with van der Waals surface area (Å²) in [6.45, 7) is 6.00. The minimum Gasteiger partial charge on any atom is -0.356 e. The number of hydrogen-bond donors (Lipinski definition) is 2. The lowest BCUT2D eigenvalue weighted by molar-refractivity contribution is -0.119. The zero-order chi connectivity index (χ0) is 9.84. The van der Waals surface area contributed by atoms with Crippen LogP contribution in [0.1, 0.15) is 26.7 Å². The molecule has 0 aromatic heterocycles. The van der Waals surface area contributed by atoms with Crippen LogP contribution < -0.4 is 11.1 Å². The maximum absolute atomic E-state index is 11.0. The molecule has 1 saturated heterocycles. The topological polar surface area (TPSA) is 55.1 Å². The van der Waals surface area contributed by atoms with Crippen molar-refractivity contribution in [3.63, 3.8) is 0 Å². The zero-order valence-electron chi connectivity index (χ0n) is 8.55. The molecule has 2 atom stereocenters. The number of rotatable bonds is 4. The van der Waals surface area contributed by atoms with E-state index < -0.39 is 0 Å². The van der Waals surface area contributed by atoms with E-state index in [1.54, 1.807) is 0 Å². The average molecular weight is 184 g/mol. The van der Waals surface area contributed by atoms with Crippen molar-refractivity contribution in [1.29, 1.82) is 0 Å². The Bertz CT molecular complexity index is 180. The first kappa shape index (κ1) is 10.5. The second-order valence-corrected chi connectivity index (χ2v) is 4.25. The van der Waals surface area contributed by atoms with E-state index in [1.807, 2.05) is 0 Å². The molecule has 1 aliphatic heterocycles. The molecule has 0 saturated carbocycles. The van der Waals surface area contributed by atoms with Gasteiger partial charge in [0.1, 0.15) is 0 Å². The summed E-state index contributed by atoms with van der Waals surface area (Å²) in [5, 5.41) is 2.88. The summed E-state index contributed by atoms with van der Waals surface area (Å²) in [5.74, 6) is 1.94. The van der Waals surface area contributed by atoms with E-state index in [9.17, 15) is 4.79 Å². The number of carbonyl (C=O) groups is 1. The van der Waals surface area contributed by atoms with E-state index in [4.69, 9.17) is 5.73 Å². The van der Waals surface area contributed by atoms with Crippen LogP contribution in [0.5, 0.6) is 0 Å². The highest BCUT2D eigenvalue weighted by molar-refractivity contribution is 5.78. The van der Waals surface area contributed by atoms with Gasteiger partial charge in [0.25, 0.3) is 0 Å². The third-order valence-electron chi connectivity index (χ3n) is 2.97. The van der Waals surface area contributed by atoms with Crippen molar-refractivity contribution in [3.8, 4) is 0 Å². The largest absolute Gasteiger partial charge is 0.356 e. The SMILES string of the molecule is CC(C)C(CCN)C1CNC(=O)C1. The molecular weight excluding hydrogens is 164 g/mol. The van der Waals surface area contributed by atoms with Crippen molar-refractivity contribution in [2.75, 3.05) is 13.1 Å². The standard InChI is InChI=1S/C10H20N2O/c1-7(2)9(3-4-11)8-5-10(13)12-6-8/h7-9H,3-6,11H2,1-2H3,(H,12,13). The fourth-order valence-corrected chi connectivity index (χ4v) is 2.24. The van der Waals surface area contributed by atoms with Crippen LogP contribution >= 0.6 is 0 Å². The van der Waals surface area contributed by atoms with Crippen molar-refractivity contribution in [3.05, 3.63) is 0 Å². The fourth-order valence-electron chi connectivity index (χ4n) is 2.24. The summed E-state index contributed by atoms with van der Waals surface area (Å²) < 4.78 is 0. The molecule has 0 spiro atoms. The van der Waals surface area contributed by atoms with Gasteiger partial charge in [-0.15, -0.1) is 0 Å². The molecule has 1 rings (SSSR count). The Morgan fingerprint density at radius 1 is 1.62 bits per heavy atom. The Hall–Kier alpha value is -0.570. The van der Waals surface area contributed by atoms with Crippen LogP contribution in [-0.4, -0.2) is 19.0 Å². The van der Waals surface area contributed by atoms with Gasteiger partial charge in [-0.05, 0) is 30.7 Å². The first-order valence-electron chi connectivity index (χ1n) is 5.12. The molecule has 3 heteroatoms. The summed E-state index contributed by atoms with van der Waals surface area (Å²) >= 11 is 0. The van der Waals surface area contributed by atoms with Gasteiger partial charge in [-0.3, -0.25) is 4.79 Å². The first-order chi connectivity index (χ1) is 6.15. The van der Waals surface area contributed by atoms with Crippen LogP contribution in [0.15, 0.2) is 0 Å². The van der Waals surface area contributed by atoms with Crippen molar-refractivity contribution < 1.29 is 4.79 Å². The number of amides is 1. The second kappa shape index (κ2) is 4.61. The summed E-state index contributed by atoms with van der Waals surface area (Å²) in [5.41, 5.74) is 5.56. The van der Waals surface area contributed by atoms with Gasteiger partial charge >= 0.3 is 0 Å². The molecule has 1 fully saturated rings. The third-order valence-corrected chi connectivity index (χ3v) is 2.97. The molecule has 76 valence electrons. The minimum absolute atomic E-state index is 0.202. The lowest BCUT2D eigenvalue weighted by atomic mass is 9.80. The predicted molar refractivity (Wildman–Crippen MR) is 53.1 cm³/mol. The maximum atomic E-state index is 11.0. The van der Waals surface area contributed by atoms with Gasteiger partial charge in [0.15, 0.2) is 0 Å². The van der Waals surface area contributed by atoms with E-state index in [1.165, 1.54) is 0 Å². The number of carbonyl (C=O) groups excluding carboxylic acids is 1. The Balaban J connectivity index is 2.49. The summed E-state index contributed by atoms with van der Waals surface area (Å²) in [6, 6.07) is 0. The van der Waals surface area contributed by atoms with Crippen LogP contribution in [0.3, 0.4) is 0 Å². The molecule has 2 unspecified atom stereocenters. The van der Waals surface area contributed by atoms with Crippen molar-refractivity contribution in [2.45, 2.75) is 26.7 Å². The molecule has 1 aliphatic rings. The highest BCUT2D eigenvalue weighted by Crippen LogP contribution is 2.28. The number of hydrogen-bond acceptors (Lipinski definition) is 2. The molecule has 0 aromatic rings. The summed E-state index contributed by atoms with van der Waals surface area (Å²) in [7, 11) is 0. The molecule has 0 aliphatic carbocycles. The maximum Gasteiger partial charge on any atom is 0.220 e. The lowest BCUT2D eigenvalue weighted by Gasteiger charge is -2.25. The Morgan fingerprint density at radius 2 is 2.31 bits per heavy atom. The fraction of sp³-hybridized carbons (Fsp3) is 0.900. The molecular formula is C10H20N2O. The molecule has 0 aromatic carbocycles. The molecule has 13 heavy (non-hydrogen) atoms. The normalized spacial score (nSPS) is 24.9. The van der Waals surface area contributed by atoms with Gasteiger partial charge in [-0.2, -0.15) is 0 Å². The van der Waals surface area contributed by atoms with E-state index >= 15 is 0 Å². The van der Waals surface area contributed by atoms with Gasteiger partial charge in [0, 0.05) is 13.0 Å². The Morgan fingerprint density at radius 3 is 2.69 bits per heavy atom. The zero-order valence-corrected chi connectivity index (χ0v) is 8.55. The van der Waals surface area contributed by atoms with Crippen LogP contribution in [0, 0.1) is 17.8 Å². The van der Waals surface area contributed by atoms with E-state index in [2.05, 4.69) is 19.2 Å². The second-order valence-electron chi connectivity index (χ2n) is 4.25. The van der Waals surface area contributed by atoms with Crippen LogP contribution in [0.2, 0.25) is 0 Å². The monoisotopic (exact) mass is 184 g/mol. The number of nitrogens with two attached hydrogens (primary N) is 1. The van der Waals surface area contributed by atoms with Crippen molar-refractivity contribution >= 4 is 5.91 Å². The molecule has 1 heterocycles. The molecule has 0 radical (unpaired) electrons. The van der Waals surface area contributed by atoms with Crippen LogP contribution in [-0.2, 0) is 4.79 Å². The first-order valence-corrected chi connectivity index (χ1v) is 5.12. The lowest BCUT2D eigenvalue weighted by Crippen LogP contribution is -2.25. The predicted octanol–water partition coefficient (Wildman–Crippen LogP) is 0.744. The van der Waals surface area contributed by atoms with Gasteiger partial charge in [0.2, 0.25) is 5.91 Å². The van der Waals surface area contributed by atoms with Crippen molar-refractivity contribution in [1.82, 2.24) is 5.32 Å². The quantitative estimate of drug-likeness (QED) is 0.677. The summed E-state index contributed by atoms with van der Waals surface area (Å²) in [6.07, 6.45) is 1.74. The highest BCUT2D eigenvalue weighted by atomic mass is 16.1. The van der Waals surface area contributed by atoms with Gasteiger partial charge in [0.05, 0.1) is 0 Å². The van der Waals surface area contributed by atoms with Gasteiger partial charge in [-0.1, -0.05) is 13.8 Å². The Kier molecular flexibility index (Phi) is 3.72. The smallest absolute Gasteiger partial charge is 0.220 e. The Labute approximate surface area is 80.1 Å². The van der Waals surface area contributed by atoms with Crippen LogP contribution in [0.25, 0.3) is 0 Å². The third kappa shape index (κ3) is 2.69. The number of nitrogens with one attached hydrogen (secondary N) is 1. The van der Waals surface area contributed by atoms with E-state index in [-0.39, 0.29) is 5.91 Å². The highest BCUT2D eigenvalue weighted by Gasteiger charge is 2.30. The van der Waals surface area contributed by atoms with Gasteiger partial charge < -0.3 is 11.1 Å². The van der Waals surface area contributed by atoms with E-state index in [0.717, 1.165) is 19.5 Å². The summed E-state index contributed by atoms with van der Waals surface area (Å²) in [4.78, 5) is 11.0. The molecule has 3 nitrogen and oxygen atoms in total. The van der Waals surface area contributed by atoms with Crippen LogP contribution in [0.4, 0.5) is 0 Å². The van der Waals surface area contributed by atoms with Gasteiger partial charge in [-0.25, -0.2) is 0 Å². The average Bonchev–Trinajstić information content (AvgIpc) is 2.46. The molecule has 0 bridgehead atoms.